The lowest BCUT2D eigenvalue weighted by atomic mass is 10.0. The normalized spacial score (nSPS) is 14.2. The molecule has 0 bridgehead atoms. The van der Waals surface area contributed by atoms with E-state index in [0.29, 0.717) is 17.1 Å². The number of carbonyl (C=O) groups is 3. The van der Waals surface area contributed by atoms with Gasteiger partial charge in [-0.05, 0) is 29.8 Å². The Morgan fingerprint density at radius 3 is 1.92 bits per heavy atom. The van der Waals surface area contributed by atoms with Gasteiger partial charge in [-0.15, -0.1) is 0 Å². The topological polar surface area (TPSA) is 93.1 Å². The third kappa shape index (κ3) is 2.99. The van der Waals surface area contributed by atoms with Gasteiger partial charge in [0.15, 0.2) is 0 Å². The summed E-state index contributed by atoms with van der Waals surface area (Å²) in [4.78, 5) is 37.9. The minimum Gasteiger partial charge on any atom is -0.497 e. The third-order valence-corrected chi connectivity index (χ3v) is 4.26. The zero-order valence-corrected chi connectivity index (χ0v) is 14.3. The molecule has 0 fully saturated rings. The second-order valence-corrected chi connectivity index (χ2v) is 5.79. The Kier molecular flexibility index (Phi) is 4.62. The Morgan fingerprint density at radius 2 is 1.50 bits per heavy atom. The third-order valence-electron chi connectivity index (χ3n) is 4.26. The molecule has 0 saturated carbocycles. The van der Waals surface area contributed by atoms with Crippen molar-refractivity contribution in [3.05, 3.63) is 59.2 Å². The lowest BCUT2D eigenvalue weighted by Crippen LogP contribution is -2.35. The maximum absolute atomic E-state index is 12.8. The first kappa shape index (κ1) is 17.5. The molecule has 2 amide bonds. The van der Waals surface area contributed by atoms with Crippen molar-refractivity contribution in [3.63, 3.8) is 0 Å². The number of carboxylic acid groups (broad SMARTS) is 1. The maximum Gasteiger partial charge on any atom is 0.305 e. The van der Waals surface area contributed by atoms with Gasteiger partial charge >= 0.3 is 5.97 Å². The van der Waals surface area contributed by atoms with Crippen LogP contribution in [0.2, 0.25) is 0 Å². The molecule has 1 heterocycles. The number of aliphatic carboxylic acids is 1. The lowest BCUT2D eigenvalue weighted by molar-refractivity contribution is -0.138. The van der Waals surface area contributed by atoms with Gasteiger partial charge in [0.25, 0.3) is 11.8 Å². The fourth-order valence-electron chi connectivity index (χ4n) is 3.04. The first-order valence-electron chi connectivity index (χ1n) is 7.88. The number of hydrogen-bond donors (Lipinski definition) is 1. The van der Waals surface area contributed by atoms with Gasteiger partial charge in [-0.25, -0.2) is 0 Å². The molecule has 0 aliphatic carbocycles. The van der Waals surface area contributed by atoms with Gasteiger partial charge in [0.05, 0.1) is 37.8 Å². The first-order valence-corrected chi connectivity index (χ1v) is 7.88. The SMILES string of the molecule is COc1cc(OC)cc(C(CC(=O)O)N2C(=O)c3ccccc3C2=O)c1. The summed E-state index contributed by atoms with van der Waals surface area (Å²) in [6.07, 6.45) is -0.429. The van der Waals surface area contributed by atoms with Crippen molar-refractivity contribution in [1.29, 1.82) is 0 Å². The largest absolute Gasteiger partial charge is 0.497 e. The van der Waals surface area contributed by atoms with Crippen molar-refractivity contribution in [2.75, 3.05) is 14.2 Å². The molecule has 134 valence electrons. The molecular weight excluding hydrogens is 338 g/mol. The highest BCUT2D eigenvalue weighted by molar-refractivity contribution is 6.21. The second-order valence-electron chi connectivity index (χ2n) is 5.79. The van der Waals surface area contributed by atoms with Gasteiger partial charge in [0.1, 0.15) is 11.5 Å². The highest BCUT2D eigenvalue weighted by atomic mass is 16.5. The molecule has 1 aliphatic rings. The minimum absolute atomic E-state index is 0.266. The highest BCUT2D eigenvalue weighted by Gasteiger charge is 2.41. The average molecular weight is 355 g/mol. The van der Waals surface area contributed by atoms with E-state index in [4.69, 9.17) is 9.47 Å². The summed E-state index contributed by atoms with van der Waals surface area (Å²) in [7, 11) is 2.93. The molecule has 7 heteroatoms. The van der Waals surface area contributed by atoms with Gasteiger partial charge in [-0.1, -0.05) is 12.1 Å². The molecule has 0 radical (unpaired) electrons. The number of methoxy groups -OCH3 is 2. The Morgan fingerprint density at radius 1 is 1.00 bits per heavy atom. The summed E-state index contributed by atoms with van der Waals surface area (Å²) >= 11 is 0. The standard InChI is InChI=1S/C19H17NO6/c1-25-12-7-11(8-13(9-12)26-2)16(10-17(21)22)20-18(23)14-5-3-4-6-15(14)19(20)24/h3-9,16H,10H2,1-2H3,(H,21,22). The number of benzene rings is 2. The fourth-order valence-corrected chi connectivity index (χ4v) is 3.04. The van der Waals surface area contributed by atoms with E-state index in [9.17, 15) is 19.5 Å². The van der Waals surface area contributed by atoms with Gasteiger partial charge in [0.2, 0.25) is 0 Å². The van der Waals surface area contributed by atoms with E-state index >= 15 is 0 Å². The number of rotatable bonds is 6. The van der Waals surface area contributed by atoms with Gasteiger partial charge in [0, 0.05) is 6.07 Å². The second kappa shape index (κ2) is 6.87. The monoisotopic (exact) mass is 355 g/mol. The summed E-state index contributed by atoms with van der Waals surface area (Å²) < 4.78 is 10.4. The highest BCUT2D eigenvalue weighted by Crippen LogP contribution is 2.36. The summed E-state index contributed by atoms with van der Waals surface area (Å²) in [5, 5.41) is 9.34. The summed E-state index contributed by atoms with van der Waals surface area (Å²) in [5.41, 5.74) is 0.976. The van der Waals surface area contributed by atoms with Crippen molar-refractivity contribution < 1.29 is 29.0 Å². The Balaban J connectivity index is 2.10. The Hall–Kier alpha value is -3.35. The van der Waals surface area contributed by atoms with E-state index in [1.165, 1.54) is 14.2 Å². The van der Waals surface area contributed by atoms with Crippen LogP contribution in [0.1, 0.15) is 38.7 Å². The molecule has 0 aromatic heterocycles. The lowest BCUT2D eigenvalue weighted by Gasteiger charge is -2.26. The smallest absolute Gasteiger partial charge is 0.305 e. The number of imide groups is 1. The van der Waals surface area contributed by atoms with Crippen LogP contribution in [0.25, 0.3) is 0 Å². The predicted molar refractivity (Wildman–Crippen MR) is 91.5 cm³/mol. The minimum atomic E-state index is -1.13. The van der Waals surface area contributed by atoms with Crippen molar-refractivity contribution in [2.45, 2.75) is 12.5 Å². The van der Waals surface area contributed by atoms with Gasteiger partial charge in [-0.2, -0.15) is 0 Å². The molecule has 1 unspecified atom stereocenters. The summed E-state index contributed by atoms with van der Waals surface area (Å²) in [6, 6.07) is 10.3. The first-order chi connectivity index (χ1) is 12.5. The molecule has 2 aromatic carbocycles. The van der Waals surface area contributed by atoms with Crippen molar-refractivity contribution >= 4 is 17.8 Å². The van der Waals surface area contributed by atoms with Crippen LogP contribution in [0.3, 0.4) is 0 Å². The predicted octanol–water partition coefficient (Wildman–Crippen LogP) is 2.52. The molecule has 7 nitrogen and oxygen atoms in total. The van der Waals surface area contributed by atoms with Crippen LogP contribution in [-0.4, -0.2) is 42.0 Å². The van der Waals surface area contributed by atoms with E-state index in [-0.39, 0.29) is 11.1 Å². The maximum atomic E-state index is 12.8. The fraction of sp³-hybridized carbons (Fsp3) is 0.211. The molecule has 0 saturated heterocycles. The van der Waals surface area contributed by atoms with Crippen LogP contribution in [-0.2, 0) is 4.79 Å². The summed E-state index contributed by atoms with van der Waals surface area (Å²) in [6.45, 7) is 0. The summed E-state index contributed by atoms with van der Waals surface area (Å²) in [5.74, 6) is -1.29. The zero-order valence-electron chi connectivity index (χ0n) is 14.3. The molecule has 3 rings (SSSR count). The van der Waals surface area contributed by atoms with Crippen molar-refractivity contribution in [2.24, 2.45) is 0 Å². The van der Waals surface area contributed by atoms with E-state index in [0.717, 1.165) is 4.90 Å². The van der Waals surface area contributed by atoms with Crippen LogP contribution in [0.5, 0.6) is 11.5 Å². The van der Waals surface area contributed by atoms with Crippen LogP contribution in [0.4, 0.5) is 0 Å². The zero-order chi connectivity index (χ0) is 18.8. The molecule has 1 aliphatic heterocycles. The number of fused-ring (bicyclic) bond motifs is 1. The Bertz CT molecular complexity index is 834. The van der Waals surface area contributed by atoms with Crippen LogP contribution in [0, 0.1) is 0 Å². The quantitative estimate of drug-likeness (QED) is 0.801. The van der Waals surface area contributed by atoms with Crippen LogP contribution >= 0.6 is 0 Å². The van der Waals surface area contributed by atoms with Gasteiger partial charge < -0.3 is 14.6 Å². The number of nitrogens with zero attached hydrogens (tertiary/aromatic N) is 1. The van der Waals surface area contributed by atoms with E-state index in [2.05, 4.69) is 0 Å². The van der Waals surface area contributed by atoms with Crippen LogP contribution < -0.4 is 9.47 Å². The molecule has 1 atom stereocenters. The van der Waals surface area contributed by atoms with Crippen molar-refractivity contribution in [3.8, 4) is 11.5 Å². The molecule has 2 aromatic rings. The van der Waals surface area contributed by atoms with Crippen molar-refractivity contribution in [1.82, 2.24) is 4.90 Å². The number of carboxylic acids is 1. The molecule has 1 N–H and O–H groups in total. The van der Waals surface area contributed by atoms with Crippen LogP contribution in [0.15, 0.2) is 42.5 Å². The average Bonchev–Trinajstić information content (AvgIpc) is 2.90. The van der Waals surface area contributed by atoms with E-state index in [1.54, 1.807) is 42.5 Å². The molecule has 0 spiro atoms. The molecular formula is C19H17NO6. The molecule has 26 heavy (non-hydrogen) atoms. The van der Waals surface area contributed by atoms with E-state index in [1.807, 2.05) is 0 Å². The number of amides is 2. The number of carbonyl (C=O) groups excluding carboxylic acids is 2. The van der Waals surface area contributed by atoms with Gasteiger partial charge in [-0.3, -0.25) is 19.3 Å². The number of ether oxygens (including phenoxy) is 2. The number of hydrogen-bond acceptors (Lipinski definition) is 5. The Labute approximate surface area is 149 Å². The van der Waals surface area contributed by atoms with E-state index < -0.39 is 30.2 Å².